The van der Waals surface area contributed by atoms with E-state index in [1.165, 1.54) is 4.90 Å². The molecule has 0 saturated heterocycles. The molecule has 1 amide bonds. The van der Waals surface area contributed by atoms with Crippen LogP contribution in [0.4, 0.5) is 4.79 Å². The van der Waals surface area contributed by atoms with Crippen molar-refractivity contribution in [1.82, 2.24) is 4.90 Å². The Hall–Kier alpha value is -1.74. The first-order chi connectivity index (χ1) is 25.4. The van der Waals surface area contributed by atoms with Crippen LogP contribution >= 0.6 is 0 Å². The quantitative estimate of drug-likeness (QED) is 0.0663. The van der Waals surface area contributed by atoms with Gasteiger partial charge in [-0.05, 0) is 41.5 Å². The molecule has 0 aliphatic carbocycles. The first-order valence-corrected chi connectivity index (χ1v) is 18.5. The zero-order valence-electron chi connectivity index (χ0n) is 33.7. The fourth-order valence-electron chi connectivity index (χ4n) is 3.58. The first-order valence-electron chi connectivity index (χ1n) is 18.5. The highest BCUT2D eigenvalue weighted by Crippen LogP contribution is 2.09. The molecule has 0 rings (SSSR count). The van der Waals surface area contributed by atoms with E-state index in [-0.39, 0.29) is 12.7 Å². The van der Waals surface area contributed by atoms with Gasteiger partial charge in [0.2, 0.25) is 0 Å². The van der Waals surface area contributed by atoms with Crippen LogP contribution in [0.3, 0.4) is 0 Å². The van der Waals surface area contributed by atoms with E-state index < -0.39 is 17.2 Å². The van der Waals surface area contributed by atoms with E-state index in [1.54, 1.807) is 7.05 Å². The predicted octanol–water partition coefficient (Wildman–Crippen LogP) is 2.39. The summed E-state index contributed by atoms with van der Waals surface area (Å²) in [5.41, 5.74) is -1.03. The molecule has 0 aliphatic rings. The molecule has 53 heavy (non-hydrogen) atoms. The second-order valence-corrected chi connectivity index (χ2v) is 13.3. The third-order valence-corrected chi connectivity index (χ3v) is 6.01. The minimum atomic E-state index is -0.516. The van der Waals surface area contributed by atoms with Crippen molar-refractivity contribution in [2.75, 3.05) is 172 Å². The number of ether oxygens (including phenoxy) is 14. The van der Waals surface area contributed by atoms with Crippen molar-refractivity contribution in [3.05, 3.63) is 0 Å². The molecule has 17 nitrogen and oxygen atoms in total. The maximum Gasteiger partial charge on any atom is 0.410 e. The summed E-state index contributed by atoms with van der Waals surface area (Å²) in [6.45, 7) is 21.8. The lowest BCUT2D eigenvalue weighted by Crippen LogP contribution is -2.36. The molecule has 0 aliphatic heterocycles. The highest BCUT2D eigenvalue weighted by atomic mass is 16.6. The van der Waals surface area contributed by atoms with Crippen molar-refractivity contribution in [2.24, 2.45) is 0 Å². The third kappa shape index (κ3) is 42.9. The topological polar surface area (TPSA) is 167 Å². The lowest BCUT2D eigenvalue weighted by atomic mass is 10.2. The van der Waals surface area contributed by atoms with Crippen LogP contribution in [-0.4, -0.2) is 200 Å². The summed E-state index contributed by atoms with van der Waals surface area (Å²) < 4.78 is 75.8. The Labute approximate surface area is 317 Å². The van der Waals surface area contributed by atoms with Gasteiger partial charge in [0.25, 0.3) is 0 Å². The smallest absolute Gasteiger partial charge is 0.410 e. The minimum Gasteiger partial charge on any atom is -0.458 e. The van der Waals surface area contributed by atoms with E-state index in [0.29, 0.717) is 159 Å². The van der Waals surface area contributed by atoms with E-state index in [2.05, 4.69) is 0 Å². The molecular formula is C36H71NO16. The van der Waals surface area contributed by atoms with Gasteiger partial charge >= 0.3 is 12.1 Å². The van der Waals surface area contributed by atoms with E-state index in [0.717, 1.165) is 0 Å². The lowest BCUT2D eigenvalue weighted by molar-refractivity contribution is -0.160. The van der Waals surface area contributed by atoms with Gasteiger partial charge < -0.3 is 71.2 Å². The number of nitrogens with zero attached hydrogens (tertiary/aromatic N) is 1. The maximum absolute atomic E-state index is 11.9. The summed E-state index contributed by atoms with van der Waals surface area (Å²) in [7, 11) is 1.68. The molecule has 0 aromatic rings. The van der Waals surface area contributed by atoms with E-state index in [1.807, 2.05) is 41.5 Å². The molecule has 0 aromatic carbocycles. The maximum atomic E-state index is 11.9. The molecule has 0 aromatic heterocycles. The lowest BCUT2D eigenvalue weighted by Gasteiger charge is -2.24. The van der Waals surface area contributed by atoms with Crippen molar-refractivity contribution in [1.29, 1.82) is 0 Å². The van der Waals surface area contributed by atoms with Crippen molar-refractivity contribution >= 4 is 12.1 Å². The van der Waals surface area contributed by atoms with E-state index >= 15 is 0 Å². The first kappa shape index (κ1) is 51.3. The highest BCUT2D eigenvalue weighted by Gasteiger charge is 2.19. The van der Waals surface area contributed by atoms with Gasteiger partial charge in [-0.15, -0.1) is 0 Å². The van der Waals surface area contributed by atoms with Crippen LogP contribution in [0.25, 0.3) is 0 Å². The summed E-state index contributed by atoms with van der Waals surface area (Å²) in [4.78, 5) is 24.9. The Kier molecular flexibility index (Phi) is 34.8. The summed E-state index contributed by atoms with van der Waals surface area (Å²) in [6.07, 6.45) is -0.369. The molecule has 0 N–H and O–H groups in total. The summed E-state index contributed by atoms with van der Waals surface area (Å²) in [5.74, 6) is -0.391. The standard InChI is InChI=1S/C36H71NO16/c1-35(2,3)52-33(38)32-51-31-30-50-29-28-49-27-26-48-25-24-47-23-22-46-21-20-45-19-18-44-17-16-43-15-14-42-13-12-41-11-10-40-9-8-37(7)34(39)53-36(4,5)6/h8-32H2,1-7H3. The average molecular weight is 774 g/mol. The van der Waals surface area contributed by atoms with Crippen LogP contribution in [0.1, 0.15) is 41.5 Å². The molecule has 0 spiro atoms. The molecule has 0 radical (unpaired) electrons. The van der Waals surface area contributed by atoms with Gasteiger partial charge in [0, 0.05) is 13.6 Å². The van der Waals surface area contributed by atoms with Crippen LogP contribution in [0.15, 0.2) is 0 Å². The normalized spacial score (nSPS) is 12.0. The zero-order valence-corrected chi connectivity index (χ0v) is 33.7. The number of amides is 1. The molecule has 0 unspecified atom stereocenters. The number of likely N-dealkylation sites (N-methyl/N-ethyl adjacent to an activating group) is 1. The second-order valence-electron chi connectivity index (χ2n) is 13.3. The number of esters is 1. The fourth-order valence-corrected chi connectivity index (χ4v) is 3.58. The summed E-state index contributed by atoms with van der Waals surface area (Å²) in [5, 5.41) is 0. The molecule has 0 heterocycles. The number of rotatable bonds is 38. The SMILES string of the molecule is CN(CCOCCOCCOCCOCCOCCOCCOCCOCCOCCOCCOCCOCC(=O)OC(C)(C)C)C(=O)OC(C)(C)C. The fraction of sp³-hybridized carbons (Fsp3) is 0.944. The van der Waals surface area contributed by atoms with Gasteiger partial charge in [-0.1, -0.05) is 0 Å². The van der Waals surface area contributed by atoms with Crippen molar-refractivity contribution < 1.29 is 75.9 Å². The number of carbonyl (C=O) groups is 2. The molecular weight excluding hydrogens is 702 g/mol. The van der Waals surface area contributed by atoms with Crippen LogP contribution in [0.5, 0.6) is 0 Å². The van der Waals surface area contributed by atoms with E-state index in [4.69, 9.17) is 66.3 Å². The van der Waals surface area contributed by atoms with Gasteiger partial charge in [-0.25, -0.2) is 9.59 Å². The van der Waals surface area contributed by atoms with Crippen molar-refractivity contribution in [2.45, 2.75) is 52.7 Å². The highest BCUT2D eigenvalue weighted by molar-refractivity contribution is 5.71. The van der Waals surface area contributed by atoms with Gasteiger partial charge in [0.15, 0.2) is 0 Å². The monoisotopic (exact) mass is 773 g/mol. The van der Waals surface area contributed by atoms with Gasteiger partial charge in [0.05, 0.1) is 152 Å². The van der Waals surface area contributed by atoms with Crippen LogP contribution in [0, 0.1) is 0 Å². The van der Waals surface area contributed by atoms with Gasteiger partial charge in [0.1, 0.15) is 17.8 Å². The number of hydrogen-bond donors (Lipinski definition) is 0. The molecule has 0 saturated carbocycles. The zero-order chi connectivity index (χ0) is 39.3. The molecule has 0 atom stereocenters. The van der Waals surface area contributed by atoms with Crippen LogP contribution in [0.2, 0.25) is 0 Å². The van der Waals surface area contributed by atoms with Gasteiger partial charge in [-0.3, -0.25) is 0 Å². The minimum absolute atomic E-state index is 0.0882. The summed E-state index contributed by atoms with van der Waals surface area (Å²) in [6, 6.07) is 0. The van der Waals surface area contributed by atoms with Crippen molar-refractivity contribution in [3.63, 3.8) is 0 Å². The second kappa shape index (κ2) is 35.9. The van der Waals surface area contributed by atoms with E-state index in [9.17, 15) is 9.59 Å². The predicted molar refractivity (Wildman–Crippen MR) is 195 cm³/mol. The largest absolute Gasteiger partial charge is 0.458 e. The van der Waals surface area contributed by atoms with Gasteiger partial charge in [-0.2, -0.15) is 0 Å². The van der Waals surface area contributed by atoms with Crippen molar-refractivity contribution in [3.8, 4) is 0 Å². The average Bonchev–Trinajstić information content (AvgIpc) is 3.08. The third-order valence-electron chi connectivity index (χ3n) is 6.01. The number of carbonyl (C=O) groups excluding carboxylic acids is 2. The Morgan fingerprint density at radius 2 is 0.585 bits per heavy atom. The number of hydrogen-bond acceptors (Lipinski definition) is 16. The van der Waals surface area contributed by atoms with Crippen LogP contribution < -0.4 is 0 Å². The Morgan fingerprint density at radius 1 is 0.358 bits per heavy atom. The summed E-state index contributed by atoms with van der Waals surface area (Å²) >= 11 is 0. The molecule has 0 fully saturated rings. The Morgan fingerprint density at radius 3 is 0.830 bits per heavy atom. The Balaban J connectivity index is 3.17. The molecule has 0 bridgehead atoms. The van der Waals surface area contributed by atoms with Crippen LogP contribution in [-0.2, 0) is 71.1 Å². The molecule has 17 heteroatoms. The Bertz CT molecular complexity index is 824. The molecule has 316 valence electrons.